The van der Waals surface area contributed by atoms with Crippen molar-refractivity contribution in [2.24, 2.45) is 11.8 Å². The molecule has 0 fully saturated rings. The molecule has 0 aliphatic heterocycles. The first-order valence-corrected chi connectivity index (χ1v) is 17.2. The lowest BCUT2D eigenvalue weighted by molar-refractivity contribution is 0.428. The summed E-state index contributed by atoms with van der Waals surface area (Å²) in [5.74, 6) is 1.93. The number of unbranched alkanes of at least 4 members (excludes halogenated alkanes) is 22. The van der Waals surface area contributed by atoms with Crippen LogP contribution < -0.4 is 0 Å². The number of rotatable bonds is 30. The monoisotopic (exact) mass is 493 g/mol. The fraction of sp³-hybridized carbons (Fsp3) is 1.00. The smallest absolute Gasteiger partial charge is 0.0443 e. The lowest BCUT2D eigenvalue weighted by Gasteiger charge is -2.11. The van der Waals surface area contributed by atoms with E-state index < -0.39 is 0 Å². The molecule has 0 bridgehead atoms. The van der Waals surface area contributed by atoms with Crippen LogP contribution in [0, 0.1) is 11.8 Å². The maximum Gasteiger partial charge on any atom is -0.0443 e. The fourth-order valence-electron chi connectivity index (χ4n) is 5.75. The minimum absolute atomic E-state index is 0.965. The van der Waals surface area contributed by atoms with Crippen molar-refractivity contribution in [1.82, 2.24) is 0 Å². The van der Waals surface area contributed by atoms with Gasteiger partial charge in [0.05, 0.1) is 0 Å². The summed E-state index contributed by atoms with van der Waals surface area (Å²) < 4.78 is 0. The summed E-state index contributed by atoms with van der Waals surface area (Å²) in [6, 6.07) is 0. The zero-order chi connectivity index (χ0) is 25.7. The molecule has 0 nitrogen and oxygen atoms in total. The summed E-state index contributed by atoms with van der Waals surface area (Å²) in [7, 11) is 0. The summed E-state index contributed by atoms with van der Waals surface area (Å²) in [5, 5.41) is 0. The molecule has 0 aromatic carbocycles. The molecule has 0 N–H and O–H groups in total. The molecule has 0 aromatic heterocycles. The summed E-state index contributed by atoms with van der Waals surface area (Å²) in [5.41, 5.74) is 0. The first-order valence-electron chi connectivity index (χ1n) is 17.2. The van der Waals surface area contributed by atoms with Crippen LogP contribution >= 0.6 is 0 Å². The van der Waals surface area contributed by atoms with Gasteiger partial charge in [-0.2, -0.15) is 0 Å². The molecule has 0 aliphatic carbocycles. The van der Waals surface area contributed by atoms with Crippen molar-refractivity contribution in [3.05, 3.63) is 0 Å². The molecule has 0 rings (SSSR count). The van der Waals surface area contributed by atoms with E-state index in [2.05, 4.69) is 27.7 Å². The molecule has 35 heavy (non-hydrogen) atoms. The van der Waals surface area contributed by atoms with Crippen LogP contribution in [0.15, 0.2) is 0 Å². The van der Waals surface area contributed by atoms with Crippen LogP contribution in [0.25, 0.3) is 0 Å². The first kappa shape index (κ1) is 35.0. The van der Waals surface area contributed by atoms with Crippen LogP contribution in [0.2, 0.25) is 0 Å². The Hall–Kier alpha value is 0. The van der Waals surface area contributed by atoms with E-state index in [0.717, 1.165) is 11.8 Å². The lowest BCUT2D eigenvalue weighted by Crippen LogP contribution is -1.95. The van der Waals surface area contributed by atoms with Crippen LogP contribution in [0.1, 0.15) is 214 Å². The molecular weight excluding hydrogens is 420 g/mol. The lowest BCUT2D eigenvalue weighted by atomic mass is 9.95. The molecule has 0 aliphatic rings. The molecule has 0 heteroatoms. The van der Waals surface area contributed by atoms with E-state index in [9.17, 15) is 0 Å². The molecule has 0 saturated heterocycles. The van der Waals surface area contributed by atoms with E-state index in [-0.39, 0.29) is 0 Å². The molecule has 0 heterocycles. The molecule has 0 amide bonds. The quantitative estimate of drug-likeness (QED) is 0.0874. The third-order valence-electron chi connectivity index (χ3n) is 8.49. The molecule has 2 atom stereocenters. The summed E-state index contributed by atoms with van der Waals surface area (Å²) in [6.07, 6.45) is 42.7. The van der Waals surface area contributed by atoms with Gasteiger partial charge in [0, 0.05) is 0 Å². The molecule has 212 valence electrons. The highest BCUT2D eigenvalue weighted by Crippen LogP contribution is 2.20. The van der Waals surface area contributed by atoms with Gasteiger partial charge < -0.3 is 0 Å². The van der Waals surface area contributed by atoms with Crippen LogP contribution in [0.4, 0.5) is 0 Å². The highest BCUT2D eigenvalue weighted by molar-refractivity contribution is 4.57. The Morgan fingerprint density at radius 2 is 0.457 bits per heavy atom. The second kappa shape index (κ2) is 30.2. The van der Waals surface area contributed by atoms with Gasteiger partial charge in [-0.3, -0.25) is 0 Å². The predicted octanol–water partition coefficient (Wildman–Crippen LogP) is 13.6. The van der Waals surface area contributed by atoms with E-state index in [1.165, 1.54) is 186 Å². The van der Waals surface area contributed by atoms with E-state index in [1.807, 2.05) is 0 Å². The summed E-state index contributed by atoms with van der Waals surface area (Å²) >= 11 is 0. The van der Waals surface area contributed by atoms with Gasteiger partial charge in [0.25, 0.3) is 0 Å². The van der Waals surface area contributed by atoms with Crippen molar-refractivity contribution in [3.63, 3.8) is 0 Å². The van der Waals surface area contributed by atoms with Crippen molar-refractivity contribution >= 4 is 0 Å². The average Bonchev–Trinajstić information content (AvgIpc) is 2.86. The van der Waals surface area contributed by atoms with E-state index >= 15 is 0 Å². The molecule has 0 spiro atoms. The summed E-state index contributed by atoms with van der Waals surface area (Å²) in [4.78, 5) is 0. The van der Waals surface area contributed by atoms with Crippen molar-refractivity contribution in [2.45, 2.75) is 214 Å². The fourth-order valence-corrected chi connectivity index (χ4v) is 5.75. The van der Waals surface area contributed by atoms with E-state index in [1.54, 1.807) is 0 Å². The highest BCUT2D eigenvalue weighted by atomic mass is 14.1. The first-order chi connectivity index (χ1) is 17.2. The normalized spacial score (nSPS) is 13.4. The zero-order valence-electron chi connectivity index (χ0n) is 25.7. The van der Waals surface area contributed by atoms with Crippen LogP contribution in [0.3, 0.4) is 0 Å². The Morgan fingerprint density at radius 1 is 0.257 bits per heavy atom. The Kier molecular flexibility index (Phi) is 30.2. The largest absolute Gasteiger partial charge is 0.0654 e. The van der Waals surface area contributed by atoms with Crippen molar-refractivity contribution in [1.29, 1.82) is 0 Å². The van der Waals surface area contributed by atoms with Gasteiger partial charge in [0.2, 0.25) is 0 Å². The minimum Gasteiger partial charge on any atom is -0.0654 e. The third kappa shape index (κ3) is 30.1. The van der Waals surface area contributed by atoms with Gasteiger partial charge in [-0.15, -0.1) is 0 Å². The van der Waals surface area contributed by atoms with Crippen molar-refractivity contribution in [2.75, 3.05) is 0 Å². The second-order valence-electron chi connectivity index (χ2n) is 12.5. The molecular formula is C35H72. The van der Waals surface area contributed by atoms with Crippen LogP contribution in [0.5, 0.6) is 0 Å². The van der Waals surface area contributed by atoms with Gasteiger partial charge in [-0.05, 0) is 11.8 Å². The Morgan fingerprint density at radius 3 is 0.714 bits per heavy atom. The van der Waals surface area contributed by atoms with Crippen molar-refractivity contribution in [3.8, 4) is 0 Å². The molecule has 0 aromatic rings. The van der Waals surface area contributed by atoms with Gasteiger partial charge >= 0.3 is 0 Å². The Bertz CT molecular complexity index is 359. The maximum absolute atomic E-state index is 2.51. The average molecular weight is 493 g/mol. The van der Waals surface area contributed by atoms with Gasteiger partial charge in [-0.25, -0.2) is 0 Å². The van der Waals surface area contributed by atoms with E-state index in [0.29, 0.717) is 0 Å². The van der Waals surface area contributed by atoms with Gasteiger partial charge in [0.15, 0.2) is 0 Å². The standard InChI is InChI=1S/C35H72/c1-5-7-9-10-11-12-13-14-15-18-22-25-28-32-35(4)33-29-26-23-20-17-16-19-21-24-27-31-34(3)30-8-6-2/h34-35H,5-33H2,1-4H3. The van der Waals surface area contributed by atoms with Crippen LogP contribution in [-0.4, -0.2) is 0 Å². The zero-order valence-corrected chi connectivity index (χ0v) is 25.7. The summed E-state index contributed by atoms with van der Waals surface area (Å²) in [6.45, 7) is 9.58. The number of hydrogen-bond donors (Lipinski definition) is 0. The topological polar surface area (TPSA) is 0 Å². The Labute approximate surface area is 225 Å². The van der Waals surface area contributed by atoms with E-state index in [4.69, 9.17) is 0 Å². The molecule has 0 radical (unpaired) electrons. The second-order valence-corrected chi connectivity index (χ2v) is 12.5. The number of hydrogen-bond acceptors (Lipinski definition) is 0. The molecule has 0 saturated carbocycles. The van der Waals surface area contributed by atoms with Crippen LogP contribution in [-0.2, 0) is 0 Å². The minimum atomic E-state index is 0.965. The van der Waals surface area contributed by atoms with Gasteiger partial charge in [0.1, 0.15) is 0 Å². The maximum atomic E-state index is 2.51. The third-order valence-corrected chi connectivity index (χ3v) is 8.49. The Balaban J connectivity index is 3.18. The SMILES string of the molecule is CCCCCCCCCCCCCCCC(C)CCCCCCCCCCCCC(C)CCCC. The predicted molar refractivity (Wildman–Crippen MR) is 164 cm³/mol. The highest BCUT2D eigenvalue weighted by Gasteiger charge is 2.03. The molecule has 2 unspecified atom stereocenters. The van der Waals surface area contributed by atoms with Gasteiger partial charge in [-0.1, -0.05) is 214 Å². The van der Waals surface area contributed by atoms with Crippen molar-refractivity contribution < 1.29 is 0 Å².